The lowest BCUT2D eigenvalue weighted by Gasteiger charge is -2.46. The van der Waals surface area contributed by atoms with E-state index in [-0.39, 0.29) is 11.8 Å². The zero-order chi connectivity index (χ0) is 37.7. The first-order valence-electron chi connectivity index (χ1n) is 15.9. The van der Waals surface area contributed by atoms with Gasteiger partial charge in [0.05, 0.1) is 5.69 Å². The molecule has 0 saturated carbocycles. The third-order valence-electron chi connectivity index (χ3n) is 8.47. The summed E-state index contributed by atoms with van der Waals surface area (Å²) in [6, 6.07) is 19.3. The first-order chi connectivity index (χ1) is 23.0. The Morgan fingerprint density at radius 1 is 1.02 bits per heavy atom. The van der Waals surface area contributed by atoms with E-state index in [1.807, 2.05) is 45.0 Å². The Bertz CT molecular complexity index is 1740. The topological polar surface area (TPSA) is 128 Å². The Labute approximate surface area is 304 Å². The number of ether oxygens (including phenoxy) is 1. The van der Waals surface area contributed by atoms with Crippen LogP contribution < -0.4 is 21.5 Å². The Morgan fingerprint density at radius 3 is 2.22 bits per heavy atom. The normalized spacial score (nSPS) is 14.9. The second-order valence-corrected chi connectivity index (χ2v) is 20.3. The van der Waals surface area contributed by atoms with Crippen LogP contribution in [0.25, 0.3) is 11.3 Å². The van der Waals surface area contributed by atoms with Crippen molar-refractivity contribution in [2.45, 2.75) is 88.7 Å². The van der Waals surface area contributed by atoms with E-state index in [9.17, 15) is 32.3 Å². The number of rotatable bonds is 9. The minimum Gasteiger partial charge on any atom is -0.444 e. The van der Waals surface area contributed by atoms with Crippen LogP contribution in [0.3, 0.4) is 0 Å². The largest absolute Gasteiger partial charge is 0.444 e. The van der Waals surface area contributed by atoms with Gasteiger partial charge in [0, 0.05) is 12.6 Å². The van der Waals surface area contributed by atoms with Crippen molar-refractivity contribution in [3.05, 3.63) is 82.6 Å². The molecule has 0 fully saturated rings. The summed E-state index contributed by atoms with van der Waals surface area (Å²) in [5.41, 5.74) is 2.10. The first-order valence-corrected chi connectivity index (χ1v) is 19.9. The van der Waals surface area contributed by atoms with Gasteiger partial charge in [-0.25, -0.2) is 4.79 Å². The summed E-state index contributed by atoms with van der Waals surface area (Å²) in [4.78, 5) is 49.1. The van der Waals surface area contributed by atoms with Gasteiger partial charge >= 0.3 is 12.3 Å². The monoisotopic (exact) mass is 828 g/mol. The predicted molar refractivity (Wildman–Crippen MR) is 199 cm³/mol. The zero-order valence-electron chi connectivity index (χ0n) is 29.3. The number of cyclic esters (lactones) is 1. The fraction of sp³-hybridized carbons (Fsp3) is 0.429. The first kappa shape index (κ1) is 40.7. The van der Waals surface area contributed by atoms with E-state index < -0.39 is 59.0 Å². The lowest BCUT2D eigenvalue weighted by Crippen LogP contribution is -2.64. The van der Waals surface area contributed by atoms with Crippen LogP contribution in [0.4, 0.5) is 29.3 Å². The number of aromatic nitrogens is 1. The van der Waals surface area contributed by atoms with Crippen molar-refractivity contribution in [1.29, 1.82) is 0 Å². The van der Waals surface area contributed by atoms with E-state index >= 15 is 0 Å². The highest BCUT2D eigenvalue weighted by atomic mass is 127. The van der Waals surface area contributed by atoms with E-state index in [0.717, 1.165) is 15.8 Å². The maximum Gasteiger partial charge on any atom is 0.416 e. The summed E-state index contributed by atoms with van der Waals surface area (Å²) in [6.07, 6.45) is -7.44. The van der Waals surface area contributed by atoms with Crippen molar-refractivity contribution in [3.8, 4) is 11.3 Å². The number of nitrogens with one attached hydrogen (secondary N) is 3. The fourth-order valence-corrected chi connectivity index (χ4v) is 6.98. The summed E-state index contributed by atoms with van der Waals surface area (Å²) in [7, 11) is -2.92. The van der Waals surface area contributed by atoms with Gasteiger partial charge in [0.15, 0.2) is 14.4 Å². The maximum atomic E-state index is 14.5. The van der Waals surface area contributed by atoms with Gasteiger partial charge in [-0.15, -0.1) is 0 Å². The van der Waals surface area contributed by atoms with Crippen LogP contribution in [0.2, 0.25) is 18.1 Å². The molecule has 0 spiro atoms. The third kappa shape index (κ3) is 10.4. The molecule has 0 radical (unpaired) electrons. The molecule has 1 aliphatic heterocycles. The van der Waals surface area contributed by atoms with E-state index in [4.69, 9.17) is 9.16 Å². The number of fused-ring (bicyclic) bond motifs is 2. The number of alkyl halides is 4. The van der Waals surface area contributed by atoms with Gasteiger partial charge in [-0.2, -0.15) is 13.2 Å². The zero-order valence-corrected chi connectivity index (χ0v) is 32.5. The molecule has 0 saturated heterocycles. The van der Waals surface area contributed by atoms with Gasteiger partial charge in [0.25, 0.3) is 5.56 Å². The summed E-state index contributed by atoms with van der Waals surface area (Å²) in [5, 5.41) is 7.09. The average molecular weight is 829 g/mol. The molecule has 4 rings (SSSR count). The molecule has 0 aliphatic carbocycles. The Kier molecular flexibility index (Phi) is 13.1. The number of amides is 3. The molecule has 15 heteroatoms. The number of benzene rings is 2. The Morgan fingerprint density at radius 2 is 1.66 bits per heavy atom. The molecule has 2 aromatic carbocycles. The highest BCUT2D eigenvalue weighted by Crippen LogP contribution is 2.46. The summed E-state index contributed by atoms with van der Waals surface area (Å²) >= 11 is 1.63. The molecule has 2 unspecified atom stereocenters. The molecule has 272 valence electrons. The van der Waals surface area contributed by atoms with Crippen molar-refractivity contribution < 1.29 is 36.7 Å². The van der Waals surface area contributed by atoms with Crippen LogP contribution >= 0.6 is 22.6 Å². The highest BCUT2D eigenvalue weighted by Gasteiger charge is 2.58. The molecule has 2 bridgehead atoms. The average Bonchev–Trinajstić information content (AvgIpc) is 3.12. The molecule has 50 heavy (non-hydrogen) atoms. The smallest absolute Gasteiger partial charge is 0.416 e. The number of halogens is 4. The molecule has 1 aromatic heterocycles. The van der Waals surface area contributed by atoms with Gasteiger partial charge in [-0.05, 0) is 59.4 Å². The van der Waals surface area contributed by atoms with Crippen molar-refractivity contribution in [1.82, 2.24) is 9.88 Å². The number of hydrogen-bond acceptors (Lipinski definition) is 6. The Hall–Kier alpha value is -3.70. The summed E-state index contributed by atoms with van der Waals surface area (Å²) < 4.78 is 53.6. The molecule has 10 nitrogen and oxygen atoms in total. The quantitative estimate of drug-likeness (QED) is 0.0867. The second kappa shape index (κ2) is 16.1. The van der Waals surface area contributed by atoms with Crippen LogP contribution in [0.15, 0.2) is 71.5 Å². The Balaban J connectivity index is 0.000000513. The number of carbonyl (C=O) groups excluding carboxylic acids is 3. The summed E-state index contributed by atoms with van der Waals surface area (Å²) in [5.74, 6) is -1.96. The summed E-state index contributed by atoms with van der Waals surface area (Å²) in [6.45, 7) is 13.2. The molecule has 1 aliphatic rings. The van der Waals surface area contributed by atoms with Crippen LogP contribution in [-0.4, -0.2) is 46.6 Å². The van der Waals surface area contributed by atoms with Gasteiger partial charge in [0.2, 0.25) is 11.8 Å². The minimum atomic E-state index is -4.77. The lowest BCUT2D eigenvalue weighted by molar-refractivity contribution is -0.212. The third-order valence-corrected chi connectivity index (χ3v) is 15.0. The van der Waals surface area contributed by atoms with Crippen molar-refractivity contribution >= 4 is 60.2 Å². The standard InChI is InChI=1S/C27H37F3IN3O4Si.C8H7NO2/c1-17(2)26(31,24(27(28,29)30)38-39(7,8)25(4,5)6)33-22(36)16-34-21(19-12-10-9-11-13-19)15-14-20(23(34)37)32-18(3)35;10-8-9-7-3-1-2-6(4-7)5-11-8/h9-15,17,24H,16H2,1-8H3,(H,32,35)(H,33,36);1-4H,5H2,(H,9,10). The van der Waals surface area contributed by atoms with Gasteiger partial charge in [-0.1, -0.05) is 99.7 Å². The van der Waals surface area contributed by atoms with E-state index in [1.54, 1.807) is 85.9 Å². The molecule has 2 heterocycles. The number of hydrogen-bond donors (Lipinski definition) is 3. The van der Waals surface area contributed by atoms with E-state index in [0.29, 0.717) is 17.9 Å². The lowest BCUT2D eigenvalue weighted by atomic mass is 9.97. The number of anilines is 2. The number of nitrogens with zero attached hydrogens (tertiary/aromatic N) is 1. The van der Waals surface area contributed by atoms with Gasteiger partial charge in [0.1, 0.15) is 22.4 Å². The van der Waals surface area contributed by atoms with Crippen LogP contribution in [0.1, 0.15) is 47.1 Å². The second-order valence-electron chi connectivity index (χ2n) is 13.7. The minimum absolute atomic E-state index is 0.0472. The number of carbonyl (C=O) groups is 3. The number of pyridine rings is 1. The fourth-order valence-electron chi connectivity index (χ4n) is 4.69. The van der Waals surface area contributed by atoms with Crippen molar-refractivity contribution in [2.75, 3.05) is 10.6 Å². The molecule has 3 amide bonds. The van der Waals surface area contributed by atoms with Crippen LogP contribution in [0.5, 0.6) is 0 Å². The van der Waals surface area contributed by atoms with E-state index in [2.05, 4.69) is 16.0 Å². The van der Waals surface area contributed by atoms with E-state index in [1.165, 1.54) is 13.0 Å². The molecule has 3 N–H and O–H groups in total. The SMILES string of the molecule is CC(=O)Nc1ccc(-c2ccccc2)n(CC(=O)NC(I)(C(C)C)C(O[Si](C)(C)C(C)(C)C)C(F)(F)F)c1=O.O=C1Nc2cccc(c2)CO1. The molecular formula is C35H44F3IN4O6Si. The predicted octanol–water partition coefficient (Wildman–Crippen LogP) is 8.08. The maximum absolute atomic E-state index is 14.5. The molecular weight excluding hydrogens is 784 g/mol. The van der Waals surface area contributed by atoms with Gasteiger partial charge in [-0.3, -0.25) is 24.3 Å². The van der Waals surface area contributed by atoms with Crippen molar-refractivity contribution in [3.63, 3.8) is 0 Å². The van der Waals surface area contributed by atoms with Crippen molar-refractivity contribution in [2.24, 2.45) is 5.92 Å². The highest BCUT2D eigenvalue weighted by molar-refractivity contribution is 14.1. The van der Waals surface area contributed by atoms with Gasteiger partial charge < -0.3 is 19.8 Å². The molecule has 2 atom stereocenters. The van der Waals surface area contributed by atoms with Crippen LogP contribution in [0, 0.1) is 5.92 Å². The molecule has 3 aromatic rings. The van der Waals surface area contributed by atoms with Crippen LogP contribution in [-0.2, 0) is 31.9 Å².